The molecule has 25 heavy (non-hydrogen) atoms. The average Bonchev–Trinajstić information content (AvgIpc) is 2.60. The van der Waals surface area contributed by atoms with Crippen molar-refractivity contribution in [3.63, 3.8) is 0 Å². The molecule has 0 aliphatic heterocycles. The second kappa shape index (κ2) is 8.06. The van der Waals surface area contributed by atoms with Crippen LogP contribution in [0, 0.1) is 6.92 Å². The number of ether oxygens (including phenoxy) is 1. The smallest absolute Gasteiger partial charge is 0.407 e. The maximum Gasteiger partial charge on any atom is 0.407 e. The quantitative estimate of drug-likeness (QED) is 0.819. The summed E-state index contributed by atoms with van der Waals surface area (Å²) in [5.41, 5.74) is 4.87. The Balaban J connectivity index is 1.42. The summed E-state index contributed by atoms with van der Waals surface area (Å²) in [6.07, 6.45) is 2.54. The SMILES string of the molecule is CCc1cccc(C)c1NC1CC(NC(=O)OCc2ccccc2)C1. The lowest BCUT2D eigenvalue weighted by molar-refractivity contribution is 0.129. The van der Waals surface area contributed by atoms with Crippen LogP contribution in [0.1, 0.15) is 36.5 Å². The van der Waals surface area contributed by atoms with Crippen LogP contribution < -0.4 is 10.6 Å². The molecule has 0 unspecified atom stereocenters. The van der Waals surface area contributed by atoms with Crippen molar-refractivity contribution >= 4 is 11.8 Å². The Bertz CT molecular complexity index is 709. The molecule has 1 saturated carbocycles. The second-order valence-corrected chi connectivity index (χ2v) is 6.68. The second-order valence-electron chi connectivity index (χ2n) is 6.68. The first-order valence-electron chi connectivity index (χ1n) is 8.98. The summed E-state index contributed by atoms with van der Waals surface area (Å²) in [5, 5.41) is 6.58. The van der Waals surface area contributed by atoms with E-state index in [4.69, 9.17) is 4.74 Å². The molecule has 2 N–H and O–H groups in total. The molecule has 4 heteroatoms. The number of alkyl carbamates (subject to hydrolysis) is 1. The third-order valence-electron chi connectivity index (χ3n) is 4.76. The topological polar surface area (TPSA) is 50.4 Å². The van der Waals surface area contributed by atoms with E-state index in [-0.39, 0.29) is 12.1 Å². The number of carbonyl (C=O) groups excluding carboxylic acids is 1. The van der Waals surface area contributed by atoms with Crippen molar-refractivity contribution in [2.45, 2.75) is 51.8 Å². The fourth-order valence-electron chi connectivity index (χ4n) is 3.22. The van der Waals surface area contributed by atoms with Gasteiger partial charge in [0.25, 0.3) is 0 Å². The van der Waals surface area contributed by atoms with Gasteiger partial charge in [-0.05, 0) is 42.9 Å². The largest absolute Gasteiger partial charge is 0.445 e. The van der Waals surface area contributed by atoms with Crippen molar-refractivity contribution in [2.75, 3.05) is 5.32 Å². The molecule has 1 amide bonds. The Labute approximate surface area is 149 Å². The molecule has 4 nitrogen and oxygen atoms in total. The summed E-state index contributed by atoms with van der Waals surface area (Å²) in [6.45, 7) is 4.62. The molecule has 0 radical (unpaired) electrons. The van der Waals surface area contributed by atoms with Gasteiger partial charge in [-0.1, -0.05) is 55.5 Å². The van der Waals surface area contributed by atoms with Crippen LogP contribution in [-0.2, 0) is 17.8 Å². The zero-order valence-electron chi connectivity index (χ0n) is 14.9. The minimum Gasteiger partial charge on any atom is -0.445 e. The number of aryl methyl sites for hydroxylation is 2. The molecule has 1 fully saturated rings. The summed E-state index contributed by atoms with van der Waals surface area (Å²) in [7, 11) is 0. The van der Waals surface area contributed by atoms with Crippen molar-refractivity contribution in [1.82, 2.24) is 5.32 Å². The molecule has 0 aromatic heterocycles. The fourth-order valence-corrected chi connectivity index (χ4v) is 3.22. The van der Waals surface area contributed by atoms with Gasteiger partial charge in [-0.2, -0.15) is 0 Å². The first kappa shape index (κ1) is 17.3. The highest BCUT2D eigenvalue weighted by Crippen LogP contribution is 2.28. The van der Waals surface area contributed by atoms with E-state index in [1.165, 1.54) is 16.8 Å². The zero-order chi connectivity index (χ0) is 17.6. The molecule has 3 rings (SSSR count). The first-order valence-corrected chi connectivity index (χ1v) is 8.98. The van der Waals surface area contributed by atoms with Gasteiger partial charge in [0.05, 0.1) is 0 Å². The van der Waals surface area contributed by atoms with Crippen LogP contribution in [0.4, 0.5) is 10.5 Å². The summed E-state index contributed by atoms with van der Waals surface area (Å²) in [5.74, 6) is 0. The number of carbonyl (C=O) groups is 1. The van der Waals surface area contributed by atoms with Crippen LogP contribution in [0.2, 0.25) is 0 Å². The van der Waals surface area contributed by atoms with Gasteiger partial charge in [0.15, 0.2) is 0 Å². The van der Waals surface area contributed by atoms with E-state index < -0.39 is 0 Å². The number of amides is 1. The summed E-state index contributed by atoms with van der Waals surface area (Å²) in [4.78, 5) is 11.9. The van der Waals surface area contributed by atoms with E-state index in [2.05, 4.69) is 42.7 Å². The number of anilines is 1. The monoisotopic (exact) mass is 338 g/mol. The van der Waals surface area contributed by atoms with E-state index >= 15 is 0 Å². The molecular formula is C21H26N2O2. The van der Waals surface area contributed by atoms with Crippen LogP contribution >= 0.6 is 0 Å². The minimum atomic E-state index is -0.336. The lowest BCUT2D eigenvalue weighted by Crippen LogP contribution is -2.49. The summed E-state index contributed by atoms with van der Waals surface area (Å²) in [6, 6.07) is 16.7. The van der Waals surface area contributed by atoms with Gasteiger partial charge in [0.1, 0.15) is 6.61 Å². The number of rotatable bonds is 6. The highest BCUT2D eigenvalue weighted by Gasteiger charge is 2.31. The van der Waals surface area contributed by atoms with Crippen LogP contribution in [0.5, 0.6) is 0 Å². The van der Waals surface area contributed by atoms with Crippen molar-refractivity contribution in [3.8, 4) is 0 Å². The van der Waals surface area contributed by atoms with E-state index in [1.54, 1.807) is 0 Å². The van der Waals surface area contributed by atoms with Crippen molar-refractivity contribution < 1.29 is 9.53 Å². The number of hydrogen-bond donors (Lipinski definition) is 2. The van der Waals surface area contributed by atoms with Crippen LogP contribution in [-0.4, -0.2) is 18.2 Å². The van der Waals surface area contributed by atoms with Gasteiger partial charge in [0, 0.05) is 17.8 Å². The Morgan fingerprint density at radius 1 is 1.08 bits per heavy atom. The van der Waals surface area contributed by atoms with Gasteiger partial charge in [-0.3, -0.25) is 0 Å². The Kier molecular flexibility index (Phi) is 5.59. The Hall–Kier alpha value is -2.49. The minimum absolute atomic E-state index is 0.190. The molecule has 0 bridgehead atoms. The molecule has 2 aromatic carbocycles. The van der Waals surface area contributed by atoms with Crippen molar-refractivity contribution in [1.29, 1.82) is 0 Å². The van der Waals surface area contributed by atoms with Gasteiger partial charge in [-0.15, -0.1) is 0 Å². The standard InChI is InChI=1S/C21H26N2O2/c1-3-17-11-7-8-15(2)20(17)22-18-12-19(13-18)23-21(24)25-14-16-9-5-4-6-10-16/h4-11,18-19,22H,3,12-14H2,1-2H3,(H,23,24). The van der Waals surface area contributed by atoms with Gasteiger partial charge < -0.3 is 15.4 Å². The molecule has 1 aliphatic rings. The number of hydrogen-bond acceptors (Lipinski definition) is 3. The Morgan fingerprint density at radius 3 is 2.56 bits per heavy atom. The predicted molar refractivity (Wildman–Crippen MR) is 101 cm³/mol. The van der Waals surface area contributed by atoms with E-state index in [9.17, 15) is 4.79 Å². The first-order chi connectivity index (χ1) is 12.2. The molecule has 0 atom stereocenters. The van der Waals surface area contributed by atoms with Gasteiger partial charge in [-0.25, -0.2) is 4.79 Å². The van der Waals surface area contributed by atoms with Crippen LogP contribution in [0.15, 0.2) is 48.5 Å². The molecule has 0 saturated heterocycles. The average molecular weight is 338 g/mol. The molecule has 0 spiro atoms. The summed E-state index contributed by atoms with van der Waals surface area (Å²) >= 11 is 0. The van der Waals surface area contributed by atoms with Crippen LogP contribution in [0.25, 0.3) is 0 Å². The summed E-state index contributed by atoms with van der Waals surface area (Å²) < 4.78 is 5.27. The van der Waals surface area contributed by atoms with E-state index in [0.29, 0.717) is 12.6 Å². The molecule has 1 aliphatic carbocycles. The van der Waals surface area contributed by atoms with Crippen LogP contribution in [0.3, 0.4) is 0 Å². The molecule has 2 aromatic rings. The predicted octanol–water partition coefficient (Wildman–Crippen LogP) is 4.43. The lowest BCUT2D eigenvalue weighted by Gasteiger charge is -2.37. The number of para-hydroxylation sites is 1. The maximum atomic E-state index is 11.9. The molecule has 0 heterocycles. The normalized spacial score (nSPS) is 19.0. The van der Waals surface area contributed by atoms with Gasteiger partial charge in [0.2, 0.25) is 0 Å². The van der Waals surface area contributed by atoms with E-state index in [1.807, 2.05) is 30.3 Å². The lowest BCUT2D eigenvalue weighted by atomic mass is 9.86. The molecule has 132 valence electrons. The Morgan fingerprint density at radius 2 is 1.84 bits per heavy atom. The van der Waals surface area contributed by atoms with E-state index in [0.717, 1.165) is 24.8 Å². The van der Waals surface area contributed by atoms with Crippen molar-refractivity contribution in [2.24, 2.45) is 0 Å². The third-order valence-corrected chi connectivity index (χ3v) is 4.76. The third kappa shape index (κ3) is 4.53. The number of benzene rings is 2. The highest BCUT2D eigenvalue weighted by molar-refractivity contribution is 5.68. The number of nitrogens with one attached hydrogen (secondary N) is 2. The highest BCUT2D eigenvalue weighted by atomic mass is 16.5. The molecular weight excluding hydrogens is 312 g/mol. The van der Waals surface area contributed by atoms with Gasteiger partial charge >= 0.3 is 6.09 Å². The fraction of sp³-hybridized carbons (Fsp3) is 0.381. The zero-order valence-corrected chi connectivity index (χ0v) is 14.9. The maximum absolute atomic E-state index is 11.9. The van der Waals surface area contributed by atoms with Crippen molar-refractivity contribution in [3.05, 3.63) is 65.2 Å².